The second kappa shape index (κ2) is 5.49. The Morgan fingerprint density at radius 3 is 2.58 bits per heavy atom. The molecule has 1 aliphatic carbocycles. The average molecular weight is 348 g/mol. The summed E-state index contributed by atoms with van der Waals surface area (Å²) >= 11 is 0. The Labute approximate surface area is 131 Å². The Bertz CT molecular complexity index is 756. The molecule has 2 aromatic rings. The summed E-state index contributed by atoms with van der Waals surface area (Å²) in [5, 5.41) is 5.52. The molecule has 0 saturated heterocycles. The monoisotopic (exact) mass is 348 g/mol. The van der Waals surface area contributed by atoms with E-state index in [4.69, 9.17) is 0 Å². The van der Waals surface area contributed by atoms with Gasteiger partial charge in [-0.15, -0.1) is 0 Å². The van der Waals surface area contributed by atoms with E-state index < -0.39 is 36.2 Å². The molecule has 0 radical (unpaired) electrons. The number of halogens is 5. The van der Waals surface area contributed by atoms with Crippen molar-refractivity contribution in [2.45, 2.75) is 25.1 Å². The Kier molecular flexibility index (Phi) is 3.73. The maximum absolute atomic E-state index is 12.7. The maximum Gasteiger partial charge on any atom is 0.471 e. The summed E-state index contributed by atoms with van der Waals surface area (Å²) in [6, 6.07) is 2.79. The summed E-state index contributed by atoms with van der Waals surface area (Å²) in [7, 11) is 0. The molecule has 0 bridgehead atoms. The average Bonchev–Trinajstić information content (AvgIpc) is 2.94. The third-order valence-corrected chi connectivity index (χ3v) is 3.34. The Morgan fingerprint density at radius 2 is 2.08 bits per heavy atom. The summed E-state index contributed by atoms with van der Waals surface area (Å²) in [4.78, 5) is 18.5. The van der Waals surface area contributed by atoms with Crippen LogP contribution < -0.4 is 5.32 Å². The van der Waals surface area contributed by atoms with Gasteiger partial charge in [-0.3, -0.25) is 9.78 Å². The molecule has 2 aromatic heterocycles. The molecule has 1 N–H and O–H groups in total. The standard InChI is InChI=1S/C13H9F5N4O2/c14-12(15)3-8(12)10(23)20-5-7-2-1-6(4-19-7)9-21-11(24-22-9)13(16,17)18/h1-2,4,8H,3,5H2,(H,20,23). The van der Waals surface area contributed by atoms with Crippen molar-refractivity contribution in [3.8, 4) is 11.4 Å². The van der Waals surface area contributed by atoms with Crippen LogP contribution >= 0.6 is 0 Å². The summed E-state index contributed by atoms with van der Waals surface area (Å²) < 4.78 is 66.7. The van der Waals surface area contributed by atoms with Crippen LogP contribution in [0.5, 0.6) is 0 Å². The summed E-state index contributed by atoms with van der Waals surface area (Å²) in [5.41, 5.74) is 0.522. The first-order valence-corrected chi connectivity index (χ1v) is 6.68. The van der Waals surface area contributed by atoms with E-state index in [1.165, 1.54) is 18.3 Å². The molecule has 1 atom stereocenters. The number of pyridine rings is 1. The lowest BCUT2D eigenvalue weighted by Gasteiger charge is -2.04. The van der Waals surface area contributed by atoms with E-state index in [9.17, 15) is 26.7 Å². The van der Waals surface area contributed by atoms with E-state index >= 15 is 0 Å². The topological polar surface area (TPSA) is 80.9 Å². The van der Waals surface area contributed by atoms with Gasteiger partial charge in [-0.2, -0.15) is 18.2 Å². The number of alkyl halides is 5. The van der Waals surface area contributed by atoms with Crippen molar-refractivity contribution in [1.29, 1.82) is 0 Å². The van der Waals surface area contributed by atoms with Crippen molar-refractivity contribution < 1.29 is 31.3 Å². The minimum absolute atomic E-state index is 0.0776. The highest BCUT2D eigenvalue weighted by molar-refractivity contribution is 5.82. The van der Waals surface area contributed by atoms with Crippen molar-refractivity contribution in [3.63, 3.8) is 0 Å². The summed E-state index contributed by atoms with van der Waals surface area (Å²) in [6.07, 6.45) is -4.02. The van der Waals surface area contributed by atoms with Crippen molar-refractivity contribution in [2.75, 3.05) is 0 Å². The van der Waals surface area contributed by atoms with Gasteiger partial charge in [0.25, 0.3) is 5.92 Å². The molecule has 3 rings (SSSR count). The van der Waals surface area contributed by atoms with E-state index in [1.807, 2.05) is 0 Å². The van der Waals surface area contributed by atoms with Crippen LogP contribution in [0.25, 0.3) is 11.4 Å². The molecule has 1 saturated carbocycles. The highest BCUT2D eigenvalue weighted by atomic mass is 19.4. The third kappa shape index (κ3) is 3.34. The van der Waals surface area contributed by atoms with Gasteiger partial charge in [0, 0.05) is 18.2 Å². The zero-order chi connectivity index (χ0) is 17.5. The van der Waals surface area contributed by atoms with Crippen LogP contribution in [0.4, 0.5) is 22.0 Å². The highest BCUT2D eigenvalue weighted by Gasteiger charge is 2.61. The predicted molar refractivity (Wildman–Crippen MR) is 67.4 cm³/mol. The minimum Gasteiger partial charge on any atom is -0.350 e. The fourth-order valence-electron chi connectivity index (χ4n) is 1.92. The van der Waals surface area contributed by atoms with Crippen LogP contribution in [0, 0.1) is 5.92 Å². The molecule has 2 heterocycles. The van der Waals surface area contributed by atoms with Gasteiger partial charge >= 0.3 is 12.1 Å². The molecule has 24 heavy (non-hydrogen) atoms. The van der Waals surface area contributed by atoms with Gasteiger partial charge in [0.2, 0.25) is 11.7 Å². The molecule has 1 fully saturated rings. The molecule has 11 heteroatoms. The Balaban J connectivity index is 1.61. The fraction of sp³-hybridized carbons (Fsp3) is 0.385. The first-order valence-electron chi connectivity index (χ1n) is 6.68. The van der Waals surface area contributed by atoms with Crippen molar-refractivity contribution in [3.05, 3.63) is 29.9 Å². The zero-order valence-electron chi connectivity index (χ0n) is 11.8. The largest absolute Gasteiger partial charge is 0.471 e. The second-order valence-corrected chi connectivity index (χ2v) is 5.19. The van der Waals surface area contributed by atoms with Crippen molar-refractivity contribution in [1.82, 2.24) is 20.4 Å². The van der Waals surface area contributed by atoms with E-state index in [2.05, 4.69) is 25.0 Å². The molecular formula is C13H9F5N4O2. The minimum atomic E-state index is -4.74. The zero-order valence-corrected chi connectivity index (χ0v) is 11.8. The molecule has 1 unspecified atom stereocenters. The van der Waals surface area contributed by atoms with Crippen LogP contribution in [0.1, 0.15) is 18.0 Å². The molecule has 1 amide bonds. The van der Waals surface area contributed by atoms with Crippen LogP contribution in [-0.2, 0) is 17.5 Å². The number of aromatic nitrogens is 3. The van der Waals surface area contributed by atoms with Crippen LogP contribution in [0.3, 0.4) is 0 Å². The number of carbonyl (C=O) groups excluding carboxylic acids is 1. The highest BCUT2D eigenvalue weighted by Crippen LogP contribution is 2.48. The SMILES string of the molecule is O=C(NCc1ccc(-c2noc(C(F)(F)F)n2)cn1)C1CC1(F)F. The number of nitrogens with zero attached hydrogens (tertiary/aromatic N) is 3. The molecule has 0 aliphatic heterocycles. The molecule has 0 aromatic carbocycles. The van der Waals surface area contributed by atoms with E-state index in [1.54, 1.807) is 0 Å². The van der Waals surface area contributed by atoms with Gasteiger partial charge in [-0.25, -0.2) is 8.78 Å². The molecule has 0 spiro atoms. The maximum atomic E-state index is 12.7. The first kappa shape index (κ1) is 16.3. The number of carbonyl (C=O) groups is 1. The van der Waals surface area contributed by atoms with E-state index in [0.29, 0.717) is 5.69 Å². The van der Waals surface area contributed by atoms with Crippen LogP contribution in [0.15, 0.2) is 22.9 Å². The Hall–Kier alpha value is -2.59. The van der Waals surface area contributed by atoms with Crippen molar-refractivity contribution in [2.24, 2.45) is 5.92 Å². The number of amides is 1. The van der Waals surface area contributed by atoms with Gasteiger partial charge in [0.05, 0.1) is 12.2 Å². The smallest absolute Gasteiger partial charge is 0.350 e. The lowest BCUT2D eigenvalue weighted by molar-refractivity contribution is -0.159. The summed E-state index contributed by atoms with van der Waals surface area (Å²) in [6.45, 7) is -0.0776. The normalized spacial score (nSPS) is 19.1. The predicted octanol–water partition coefficient (Wildman–Crippen LogP) is 2.42. The number of hydrogen-bond donors (Lipinski definition) is 1. The first-order chi connectivity index (χ1) is 11.2. The van der Waals surface area contributed by atoms with Gasteiger partial charge in [0.15, 0.2) is 0 Å². The molecule has 1 aliphatic rings. The van der Waals surface area contributed by atoms with Crippen molar-refractivity contribution >= 4 is 5.91 Å². The third-order valence-electron chi connectivity index (χ3n) is 3.34. The molecule has 6 nitrogen and oxygen atoms in total. The van der Waals surface area contributed by atoms with Crippen LogP contribution in [-0.4, -0.2) is 27.0 Å². The number of rotatable bonds is 4. The molecule has 128 valence electrons. The fourth-order valence-corrected chi connectivity index (χ4v) is 1.92. The Morgan fingerprint density at radius 1 is 1.38 bits per heavy atom. The van der Waals surface area contributed by atoms with E-state index in [0.717, 1.165) is 0 Å². The summed E-state index contributed by atoms with van der Waals surface area (Å²) in [5.74, 6) is -6.78. The second-order valence-electron chi connectivity index (χ2n) is 5.19. The van der Waals surface area contributed by atoms with E-state index in [-0.39, 0.29) is 17.9 Å². The number of nitrogens with one attached hydrogen (secondary N) is 1. The number of hydrogen-bond acceptors (Lipinski definition) is 5. The van der Waals surface area contributed by atoms with Gasteiger partial charge in [0.1, 0.15) is 5.92 Å². The lowest BCUT2D eigenvalue weighted by atomic mass is 10.2. The lowest BCUT2D eigenvalue weighted by Crippen LogP contribution is -2.26. The van der Waals surface area contributed by atoms with Crippen LogP contribution in [0.2, 0.25) is 0 Å². The molecular weight excluding hydrogens is 339 g/mol. The van der Waals surface area contributed by atoms with Gasteiger partial charge in [-0.05, 0) is 12.1 Å². The quantitative estimate of drug-likeness (QED) is 0.859. The van der Waals surface area contributed by atoms with Gasteiger partial charge < -0.3 is 9.84 Å². The van der Waals surface area contributed by atoms with Gasteiger partial charge in [-0.1, -0.05) is 5.16 Å².